The van der Waals surface area contributed by atoms with Crippen LogP contribution in [0.4, 0.5) is 5.69 Å². The van der Waals surface area contributed by atoms with Gasteiger partial charge in [0.2, 0.25) is 15.9 Å². The van der Waals surface area contributed by atoms with Gasteiger partial charge in [-0.1, -0.05) is 5.16 Å². The number of hydrogen-bond acceptors (Lipinski definition) is 7. The van der Waals surface area contributed by atoms with Crippen LogP contribution in [0.25, 0.3) is 0 Å². The average Bonchev–Trinajstić information content (AvgIpc) is 2.83. The number of nitro groups is 1. The molecule has 116 valence electrons. The quantitative estimate of drug-likeness (QED) is 0.609. The van der Waals surface area contributed by atoms with E-state index in [1.165, 1.54) is 28.6 Å². The van der Waals surface area contributed by atoms with Crippen LogP contribution in [0.1, 0.15) is 17.6 Å². The van der Waals surface area contributed by atoms with E-state index in [2.05, 4.69) is 10.1 Å². The van der Waals surface area contributed by atoms with Gasteiger partial charge in [0.25, 0.3) is 5.69 Å². The molecule has 0 unspecified atom stereocenters. The van der Waals surface area contributed by atoms with E-state index in [9.17, 15) is 18.5 Å². The molecule has 0 saturated carbocycles. The van der Waals surface area contributed by atoms with E-state index in [1.54, 1.807) is 6.92 Å². The predicted octanol–water partition coefficient (Wildman–Crippen LogP) is 1.07. The molecule has 1 aliphatic rings. The Morgan fingerprint density at radius 3 is 2.45 bits per heavy atom. The average molecular weight is 324 g/mol. The second kappa shape index (κ2) is 5.14. The Bertz CT molecular complexity index is 808. The van der Waals surface area contributed by atoms with Crippen LogP contribution >= 0.6 is 0 Å². The number of benzene rings is 1. The summed E-state index contributed by atoms with van der Waals surface area (Å²) in [6.07, 6.45) is 0. The number of nitrogens with zero attached hydrogens (tertiary/aromatic N) is 4. The van der Waals surface area contributed by atoms with E-state index >= 15 is 0 Å². The number of sulfonamides is 1. The van der Waals surface area contributed by atoms with Gasteiger partial charge >= 0.3 is 0 Å². The summed E-state index contributed by atoms with van der Waals surface area (Å²) in [5, 5.41) is 14.3. The lowest BCUT2D eigenvalue weighted by molar-refractivity contribution is -0.384. The highest BCUT2D eigenvalue weighted by molar-refractivity contribution is 7.89. The normalized spacial score (nSPS) is 16.4. The third-order valence-electron chi connectivity index (χ3n) is 3.43. The Labute approximate surface area is 125 Å². The topological polar surface area (TPSA) is 119 Å². The highest BCUT2D eigenvalue weighted by Gasteiger charge is 2.40. The van der Waals surface area contributed by atoms with E-state index in [0.717, 1.165) is 0 Å². The van der Waals surface area contributed by atoms with Gasteiger partial charge in [0.05, 0.1) is 15.7 Å². The molecule has 1 saturated heterocycles. The smallest absolute Gasteiger partial charge is 0.269 e. The minimum Gasteiger partial charge on any atom is -0.339 e. The highest BCUT2D eigenvalue weighted by atomic mass is 32.2. The van der Waals surface area contributed by atoms with E-state index in [1.807, 2.05) is 0 Å². The molecule has 22 heavy (non-hydrogen) atoms. The largest absolute Gasteiger partial charge is 0.339 e. The lowest BCUT2D eigenvalue weighted by Gasteiger charge is -2.35. The van der Waals surface area contributed by atoms with Crippen molar-refractivity contribution >= 4 is 15.7 Å². The van der Waals surface area contributed by atoms with Crippen molar-refractivity contribution in [1.29, 1.82) is 0 Å². The van der Waals surface area contributed by atoms with Crippen LogP contribution in [-0.2, 0) is 10.0 Å². The lowest BCUT2D eigenvalue weighted by atomic mass is 10.0. The van der Waals surface area contributed by atoms with Crippen LogP contribution in [0.3, 0.4) is 0 Å². The van der Waals surface area contributed by atoms with Crippen LogP contribution in [-0.4, -0.2) is 40.9 Å². The maximum atomic E-state index is 12.4. The van der Waals surface area contributed by atoms with Crippen molar-refractivity contribution < 1.29 is 17.9 Å². The Morgan fingerprint density at radius 2 is 1.95 bits per heavy atom. The predicted molar refractivity (Wildman–Crippen MR) is 73.6 cm³/mol. The molecule has 0 aliphatic carbocycles. The molecule has 1 aliphatic heterocycles. The summed E-state index contributed by atoms with van der Waals surface area (Å²) < 4.78 is 31.0. The summed E-state index contributed by atoms with van der Waals surface area (Å²) in [5.41, 5.74) is -0.151. The van der Waals surface area contributed by atoms with E-state index in [-0.39, 0.29) is 29.6 Å². The van der Waals surface area contributed by atoms with Crippen LogP contribution in [0, 0.1) is 17.0 Å². The molecule has 1 aromatic heterocycles. The fraction of sp³-hybridized carbons (Fsp3) is 0.333. The summed E-state index contributed by atoms with van der Waals surface area (Å²) in [4.78, 5) is 14.1. The minimum absolute atomic E-state index is 0.0262. The molecule has 10 heteroatoms. The fourth-order valence-electron chi connectivity index (χ4n) is 2.16. The molecule has 0 bridgehead atoms. The summed E-state index contributed by atoms with van der Waals surface area (Å²) in [6.45, 7) is 2.19. The van der Waals surface area contributed by atoms with Gasteiger partial charge in [0.1, 0.15) is 0 Å². The van der Waals surface area contributed by atoms with Crippen molar-refractivity contribution in [2.24, 2.45) is 0 Å². The monoisotopic (exact) mass is 324 g/mol. The van der Waals surface area contributed by atoms with Gasteiger partial charge in [-0.25, -0.2) is 8.42 Å². The molecule has 0 spiro atoms. The van der Waals surface area contributed by atoms with Crippen molar-refractivity contribution in [1.82, 2.24) is 14.4 Å². The Balaban J connectivity index is 1.73. The lowest BCUT2D eigenvalue weighted by Crippen LogP contribution is -2.48. The number of rotatable bonds is 4. The summed E-state index contributed by atoms with van der Waals surface area (Å²) in [5.74, 6) is 0.813. The molecule has 0 atom stereocenters. The zero-order valence-electron chi connectivity index (χ0n) is 11.5. The molecule has 0 amide bonds. The molecule has 2 heterocycles. The molecule has 2 aromatic rings. The van der Waals surface area contributed by atoms with Crippen LogP contribution in [0.15, 0.2) is 33.7 Å². The molecule has 0 radical (unpaired) electrons. The molecule has 3 rings (SSSR count). The third-order valence-corrected chi connectivity index (χ3v) is 5.27. The zero-order valence-corrected chi connectivity index (χ0v) is 12.4. The Kier molecular flexibility index (Phi) is 3.41. The second-order valence-electron chi connectivity index (χ2n) is 4.95. The molecular weight excluding hydrogens is 312 g/mol. The van der Waals surface area contributed by atoms with Crippen molar-refractivity contribution in [3.8, 4) is 0 Å². The second-order valence-corrected chi connectivity index (χ2v) is 6.89. The highest BCUT2D eigenvalue weighted by Crippen LogP contribution is 2.31. The van der Waals surface area contributed by atoms with E-state index in [4.69, 9.17) is 4.52 Å². The van der Waals surface area contributed by atoms with Gasteiger partial charge in [-0.2, -0.15) is 9.29 Å². The molecule has 1 aromatic carbocycles. The Hall–Kier alpha value is -2.33. The standard InChI is InChI=1S/C12H12N4O5S/c1-8-13-12(21-14-8)9-6-15(7-9)22(19,20)11-4-2-10(3-5-11)16(17)18/h2-5,9H,6-7H2,1H3. The number of aryl methyl sites for hydroxylation is 1. The van der Waals surface area contributed by atoms with Crippen LogP contribution in [0.2, 0.25) is 0 Å². The molecule has 1 fully saturated rings. The number of aromatic nitrogens is 2. The molecule has 9 nitrogen and oxygen atoms in total. The number of non-ortho nitro benzene ring substituents is 1. The first-order valence-corrected chi connectivity index (χ1v) is 7.87. The van der Waals surface area contributed by atoms with Gasteiger partial charge in [-0.15, -0.1) is 0 Å². The Morgan fingerprint density at radius 1 is 1.32 bits per heavy atom. The maximum Gasteiger partial charge on any atom is 0.269 e. The first-order chi connectivity index (χ1) is 10.4. The third kappa shape index (κ3) is 2.46. The van der Waals surface area contributed by atoms with Crippen molar-refractivity contribution in [3.63, 3.8) is 0 Å². The minimum atomic E-state index is -3.66. The van der Waals surface area contributed by atoms with Gasteiger partial charge in [-0.3, -0.25) is 10.1 Å². The molecule has 0 N–H and O–H groups in total. The van der Waals surface area contributed by atoms with Gasteiger partial charge < -0.3 is 4.52 Å². The zero-order chi connectivity index (χ0) is 15.9. The van der Waals surface area contributed by atoms with Crippen molar-refractivity contribution in [2.45, 2.75) is 17.7 Å². The summed E-state index contributed by atoms with van der Waals surface area (Å²) in [7, 11) is -3.66. The van der Waals surface area contributed by atoms with Crippen molar-refractivity contribution in [2.75, 3.05) is 13.1 Å². The fourth-order valence-corrected chi connectivity index (χ4v) is 3.69. The van der Waals surface area contributed by atoms with Crippen LogP contribution < -0.4 is 0 Å². The summed E-state index contributed by atoms with van der Waals surface area (Å²) in [6, 6.07) is 4.81. The van der Waals surface area contributed by atoms with Crippen LogP contribution in [0.5, 0.6) is 0 Å². The first-order valence-electron chi connectivity index (χ1n) is 6.43. The number of hydrogen-bond donors (Lipinski definition) is 0. The van der Waals surface area contributed by atoms with E-state index < -0.39 is 14.9 Å². The SMILES string of the molecule is Cc1noc(C2CN(S(=O)(=O)c3ccc([N+](=O)[O-])cc3)C2)n1. The van der Waals surface area contributed by atoms with Crippen molar-refractivity contribution in [3.05, 3.63) is 46.1 Å². The first kappa shape index (κ1) is 14.6. The van der Waals surface area contributed by atoms with Gasteiger partial charge in [0, 0.05) is 25.2 Å². The van der Waals surface area contributed by atoms with E-state index in [0.29, 0.717) is 11.7 Å². The molecular formula is C12H12N4O5S. The van der Waals surface area contributed by atoms with Gasteiger partial charge in [0.15, 0.2) is 5.82 Å². The maximum absolute atomic E-state index is 12.4. The number of nitro benzene ring substituents is 1. The van der Waals surface area contributed by atoms with Gasteiger partial charge in [-0.05, 0) is 19.1 Å². The summed E-state index contributed by atoms with van der Waals surface area (Å²) >= 11 is 0.